The number of nitrogens with zero attached hydrogens (tertiary/aromatic N) is 1. The van der Waals surface area contributed by atoms with Crippen molar-refractivity contribution in [3.05, 3.63) is 65.2 Å². The molecule has 1 N–H and O–H groups in total. The standard InChI is InChI=1S/C20H21ClN2/c1-2-3-4-6-15-9-12-17(13-10-15)22-19-14-11-16-7-5-8-18(21)20(16)23-19/h5,7-14H,2-4,6H2,1H3,(H,22,23). The van der Waals surface area contributed by atoms with Crippen molar-refractivity contribution in [1.82, 2.24) is 4.98 Å². The third-order valence-electron chi connectivity index (χ3n) is 3.97. The summed E-state index contributed by atoms with van der Waals surface area (Å²) in [5.41, 5.74) is 3.26. The maximum Gasteiger partial charge on any atom is 0.131 e. The third-order valence-corrected chi connectivity index (χ3v) is 4.27. The van der Waals surface area contributed by atoms with Gasteiger partial charge >= 0.3 is 0 Å². The molecule has 3 heteroatoms. The number of para-hydroxylation sites is 1. The summed E-state index contributed by atoms with van der Waals surface area (Å²) in [6.45, 7) is 2.23. The lowest BCUT2D eigenvalue weighted by Crippen LogP contribution is -1.94. The third kappa shape index (κ3) is 4.02. The summed E-state index contributed by atoms with van der Waals surface area (Å²) in [6, 6.07) is 18.4. The van der Waals surface area contributed by atoms with E-state index in [9.17, 15) is 0 Å². The number of hydrogen-bond donors (Lipinski definition) is 1. The Kier molecular flexibility index (Phi) is 5.14. The zero-order valence-corrected chi connectivity index (χ0v) is 14.1. The van der Waals surface area contributed by atoms with Crippen LogP contribution in [0.3, 0.4) is 0 Å². The Morgan fingerprint density at radius 1 is 0.957 bits per heavy atom. The van der Waals surface area contributed by atoms with Gasteiger partial charge in [0.1, 0.15) is 5.82 Å². The smallest absolute Gasteiger partial charge is 0.131 e. The first-order valence-electron chi connectivity index (χ1n) is 8.17. The number of benzene rings is 2. The second kappa shape index (κ2) is 7.47. The van der Waals surface area contributed by atoms with Crippen LogP contribution in [0.25, 0.3) is 10.9 Å². The van der Waals surface area contributed by atoms with Crippen LogP contribution in [-0.2, 0) is 6.42 Å². The molecular weight excluding hydrogens is 304 g/mol. The van der Waals surface area contributed by atoms with Gasteiger partial charge in [0.15, 0.2) is 0 Å². The lowest BCUT2D eigenvalue weighted by atomic mass is 10.1. The molecule has 0 aliphatic carbocycles. The minimum Gasteiger partial charge on any atom is -0.340 e. The number of aromatic nitrogens is 1. The molecule has 3 rings (SSSR count). The summed E-state index contributed by atoms with van der Waals surface area (Å²) >= 11 is 6.22. The van der Waals surface area contributed by atoms with E-state index >= 15 is 0 Å². The average molecular weight is 325 g/mol. The van der Waals surface area contributed by atoms with Gasteiger partial charge in [-0.05, 0) is 48.7 Å². The molecule has 1 heterocycles. The molecule has 0 radical (unpaired) electrons. The summed E-state index contributed by atoms with van der Waals surface area (Å²) in [5.74, 6) is 0.810. The lowest BCUT2D eigenvalue weighted by Gasteiger charge is -2.08. The van der Waals surface area contributed by atoms with E-state index in [0.29, 0.717) is 5.02 Å². The van der Waals surface area contributed by atoms with E-state index in [1.807, 2.05) is 30.3 Å². The molecule has 2 nitrogen and oxygen atoms in total. The Morgan fingerprint density at radius 3 is 2.57 bits per heavy atom. The molecule has 3 aromatic rings. The van der Waals surface area contributed by atoms with Gasteiger partial charge in [-0.2, -0.15) is 0 Å². The van der Waals surface area contributed by atoms with Crippen molar-refractivity contribution in [3.63, 3.8) is 0 Å². The first-order chi connectivity index (χ1) is 11.3. The quantitative estimate of drug-likeness (QED) is 0.533. The molecule has 0 amide bonds. The molecule has 1 aromatic heterocycles. The molecule has 0 unspecified atom stereocenters. The number of hydrogen-bond acceptors (Lipinski definition) is 2. The number of unbranched alkanes of at least 4 members (excludes halogenated alkanes) is 2. The van der Waals surface area contributed by atoms with E-state index in [4.69, 9.17) is 11.6 Å². The average Bonchev–Trinajstić information content (AvgIpc) is 2.57. The first-order valence-corrected chi connectivity index (χ1v) is 8.55. The normalized spacial score (nSPS) is 10.9. The summed E-state index contributed by atoms with van der Waals surface area (Å²) < 4.78 is 0. The summed E-state index contributed by atoms with van der Waals surface area (Å²) in [6.07, 6.45) is 4.96. The molecule has 0 aliphatic heterocycles. The number of anilines is 2. The Bertz CT molecular complexity index is 781. The van der Waals surface area contributed by atoms with Crippen LogP contribution in [0.2, 0.25) is 5.02 Å². The van der Waals surface area contributed by atoms with Crippen LogP contribution in [0.1, 0.15) is 31.7 Å². The highest BCUT2D eigenvalue weighted by atomic mass is 35.5. The van der Waals surface area contributed by atoms with Gasteiger partial charge in [-0.1, -0.05) is 55.6 Å². The van der Waals surface area contributed by atoms with Gasteiger partial charge in [-0.3, -0.25) is 0 Å². The highest BCUT2D eigenvalue weighted by Crippen LogP contribution is 2.24. The van der Waals surface area contributed by atoms with Crippen LogP contribution in [0.15, 0.2) is 54.6 Å². The molecule has 2 aromatic carbocycles. The number of pyridine rings is 1. The zero-order valence-electron chi connectivity index (χ0n) is 13.3. The van der Waals surface area contributed by atoms with Crippen LogP contribution in [-0.4, -0.2) is 4.98 Å². The number of nitrogens with one attached hydrogen (secondary N) is 1. The van der Waals surface area contributed by atoms with Crippen LogP contribution in [0.5, 0.6) is 0 Å². The van der Waals surface area contributed by atoms with E-state index in [-0.39, 0.29) is 0 Å². The Hall–Kier alpha value is -2.06. The van der Waals surface area contributed by atoms with Crippen LogP contribution < -0.4 is 5.32 Å². The van der Waals surface area contributed by atoms with Gasteiger partial charge in [-0.25, -0.2) is 4.98 Å². The monoisotopic (exact) mass is 324 g/mol. The van der Waals surface area contributed by atoms with E-state index in [2.05, 4.69) is 41.5 Å². The van der Waals surface area contributed by atoms with Crippen molar-refractivity contribution in [2.45, 2.75) is 32.6 Å². The molecule has 0 aliphatic rings. The van der Waals surface area contributed by atoms with E-state index in [1.165, 1.54) is 24.8 Å². The van der Waals surface area contributed by atoms with Crippen molar-refractivity contribution < 1.29 is 0 Å². The fourth-order valence-electron chi connectivity index (χ4n) is 2.66. The number of rotatable bonds is 6. The molecule has 23 heavy (non-hydrogen) atoms. The number of aryl methyl sites for hydroxylation is 1. The summed E-state index contributed by atoms with van der Waals surface area (Å²) in [7, 11) is 0. The SMILES string of the molecule is CCCCCc1ccc(Nc2ccc3cccc(Cl)c3n2)cc1. The fourth-order valence-corrected chi connectivity index (χ4v) is 2.89. The van der Waals surface area contributed by atoms with Gasteiger partial charge < -0.3 is 5.32 Å². The second-order valence-electron chi connectivity index (χ2n) is 5.79. The Morgan fingerprint density at radius 2 is 1.78 bits per heavy atom. The summed E-state index contributed by atoms with van der Waals surface area (Å²) in [4.78, 5) is 4.61. The molecule has 0 spiro atoms. The highest BCUT2D eigenvalue weighted by molar-refractivity contribution is 6.35. The van der Waals surface area contributed by atoms with Crippen molar-refractivity contribution in [1.29, 1.82) is 0 Å². The van der Waals surface area contributed by atoms with E-state index in [0.717, 1.165) is 28.8 Å². The maximum atomic E-state index is 6.22. The molecule has 0 saturated heterocycles. The number of fused-ring (bicyclic) bond motifs is 1. The van der Waals surface area contributed by atoms with Crippen molar-refractivity contribution in [2.24, 2.45) is 0 Å². The first kappa shape index (κ1) is 15.8. The molecule has 0 bridgehead atoms. The molecule has 118 valence electrons. The predicted molar refractivity (Wildman–Crippen MR) is 99.7 cm³/mol. The highest BCUT2D eigenvalue weighted by Gasteiger charge is 2.03. The predicted octanol–water partition coefficient (Wildman–Crippen LogP) is 6.36. The van der Waals surface area contributed by atoms with Crippen molar-refractivity contribution >= 4 is 34.0 Å². The zero-order chi connectivity index (χ0) is 16.1. The van der Waals surface area contributed by atoms with Gasteiger partial charge in [0.2, 0.25) is 0 Å². The van der Waals surface area contributed by atoms with Gasteiger partial charge in [-0.15, -0.1) is 0 Å². The topological polar surface area (TPSA) is 24.9 Å². The Labute approximate surface area is 142 Å². The molecule has 0 fully saturated rings. The fraction of sp³-hybridized carbons (Fsp3) is 0.250. The van der Waals surface area contributed by atoms with Gasteiger partial charge in [0.25, 0.3) is 0 Å². The van der Waals surface area contributed by atoms with Gasteiger partial charge in [0.05, 0.1) is 10.5 Å². The minimum absolute atomic E-state index is 0.678. The molecular formula is C20H21ClN2. The van der Waals surface area contributed by atoms with E-state index < -0.39 is 0 Å². The lowest BCUT2D eigenvalue weighted by molar-refractivity contribution is 0.717. The largest absolute Gasteiger partial charge is 0.340 e. The summed E-state index contributed by atoms with van der Waals surface area (Å²) in [5, 5.41) is 5.08. The molecule has 0 atom stereocenters. The second-order valence-corrected chi connectivity index (χ2v) is 6.19. The van der Waals surface area contributed by atoms with Crippen LogP contribution >= 0.6 is 11.6 Å². The Balaban J connectivity index is 1.73. The van der Waals surface area contributed by atoms with Crippen LogP contribution in [0.4, 0.5) is 11.5 Å². The van der Waals surface area contributed by atoms with Crippen molar-refractivity contribution in [3.8, 4) is 0 Å². The van der Waals surface area contributed by atoms with E-state index in [1.54, 1.807) is 0 Å². The minimum atomic E-state index is 0.678. The number of halogens is 1. The maximum absolute atomic E-state index is 6.22. The van der Waals surface area contributed by atoms with Gasteiger partial charge in [0, 0.05) is 11.1 Å². The molecule has 0 saturated carbocycles. The van der Waals surface area contributed by atoms with Crippen molar-refractivity contribution in [2.75, 3.05) is 5.32 Å². The van der Waals surface area contributed by atoms with Crippen LogP contribution in [0, 0.1) is 0 Å².